The number of hydrogen-bond donors (Lipinski definition) is 1. The van der Waals surface area contributed by atoms with Gasteiger partial charge in [-0.05, 0) is 51.9 Å². The summed E-state index contributed by atoms with van der Waals surface area (Å²) in [7, 11) is -1.61. The summed E-state index contributed by atoms with van der Waals surface area (Å²) in [6, 6.07) is 4.83. The molecule has 1 aromatic rings. The van der Waals surface area contributed by atoms with Crippen molar-refractivity contribution in [2.45, 2.75) is 25.2 Å². The largest absolute Gasteiger partial charge is 0.490 e. The van der Waals surface area contributed by atoms with Crippen molar-refractivity contribution < 1.29 is 17.9 Å². The molecule has 1 atom stereocenters. The highest BCUT2D eigenvalue weighted by Gasteiger charge is 2.32. The maximum absolute atomic E-state index is 12.8. The minimum atomic E-state index is -3.49. The van der Waals surface area contributed by atoms with Crippen molar-refractivity contribution in [1.82, 2.24) is 9.62 Å². The summed E-state index contributed by atoms with van der Waals surface area (Å²) >= 11 is 0. The fourth-order valence-corrected chi connectivity index (χ4v) is 4.36. The Morgan fingerprint density at radius 1 is 1.22 bits per heavy atom. The van der Waals surface area contributed by atoms with Crippen molar-refractivity contribution in [1.29, 1.82) is 0 Å². The molecule has 0 saturated carbocycles. The first-order valence-electron chi connectivity index (χ1n) is 8.07. The Labute approximate surface area is 138 Å². The van der Waals surface area contributed by atoms with Crippen LogP contribution < -0.4 is 14.8 Å². The zero-order valence-corrected chi connectivity index (χ0v) is 14.9. The summed E-state index contributed by atoms with van der Waals surface area (Å²) in [5, 5.41) is 3.11. The van der Waals surface area contributed by atoms with Crippen LogP contribution >= 0.6 is 0 Å². The van der Waals surface area contributed by atoms with Crippen LogP contribution in [0.4, 0.5) is 0 Å². The molecule has 0 aromatic heterocycles. The molecular formula is C16H26N2O4S. The lowest BCUT2D eigenvalue weighted by molar-refractivity contribution is 0.287. The van der Waals surface area contributed by atoms with Crippen LogP contribution in [-0.4, -0.2) is 52.6 Å². The van der Waals surface area contributed by atoms with Gasteiger partial charge in [0.2, 0.25) is 10.0 Å². The lowest BCUT2D eigenvalue weighted by Gasteiger charge is -2.18. The Morgan fingerprint density at radius 2 is 1.91 bits per heavy atom. The van der Waals surface area contributed by atoms with E-state index in [0.717, 1.165) is 13.0 Å². The van der Waals surface area contributed by atoms with E-state index in [4.69, 9.17) is 9.47 Å². The summed E-state index contributed by atoms with van der Waals surface area (Å²) in [4.78, 5) is 0.259. The minimum absolute atomic E-state index is 0.259. The lowest BCUT2D eigenvalue weighted by atomic mass is 10.1. The summed E-state index contributed by atoms with van der Waals surface area (Å²) in [5.41, 5.74) is 0. The van der Waals surface area contributed by atoms with E-state index < -0.39 is 10.0 Å². The molecule has 23 heavy (non-hydrogen) atoms. The Morgan fingerprint density at radius 3 is 2.57 bits per heavy atom. The quantitative estimate of drug-likeness (QED) is 0.779. The molecule has 2 rings (SSSR count). The molecular weight excluding hydrogens is 316 g/mol. The van der Waals surface area contributed by atoms with E-state index in [1.807, 2.05) is 20.9 Å². The third kappa shape index (κ3) is 4.16. The van der Waals surface area contributed by atoms with Crippen LogP contribution in [0.1, 0.15) is 20.3 Å². The van der Waals surface area contributed by atoms with E-state index >= 15 is 0 Å². The highest BCUT2D eigenvalue weighted by atomic mass is 32.2. The zero-order valence-electron chi connectivity index (χ0n) is 14.0. The number of rotatable bonds is 8. The summed E-state index contributed by atoms with van der Waals surface area (Å²) in [6.07, 6.45) is 0.884. The lowest BCUT2D eigenvalue weighted by Crippen LogP contribution is -2.30. The van der Waals surface area contributed by atoms with Crippen LogP contribution in [0.5, 0.6) is 11.5 Å². The highest BCUT2D eigenvalue weighted by molar-refractivity contribution is 7.89. The first kappa shape index (κ1) is 18.0. The Hall–Kier alpha value is -1.31. The Kier molecular flexibility index (Phi) is 6.26. The molecule has 0 spiro atoms. The smallest absolute Gasteiger partial charge is 0.243 e. The summed E-state index contributed by atoms with van der Waals surface area (Å²) < 4.78 is 38.2. The van der Waals surface area contributed by atoms with Gasteiger partial charge in [0, 0.05) is 19.2 Å². The number of ether oxygens (including phenoxy) is 2. The van der Waals surface area contributed by atoms with Gasteiger partial charge in [-0.25, -0.2) is 8.42 Å². The molecule has 1 saturated heterocycles. The maximum Gasteiger partial charge on any atom is 0.243 e. The van der Waals surface area contributed by atoms with E-state index in [1.165, 1.54) is 0 Å². The zero-order chi connectivity index (χ0) is 16.9. The van der Waals surface area contributed by atoms with E-state index in [0.29, 0.717) is 43.7 Å². The van der Waals surface area contributed by atoms with Gasteiger partial charge >= 0.3 is 0 Å². The maximum atomic E-state index is 12.8. The number of nitrogens with zero attached hydrogens (tertiary/aromatic N) is 1. The molecule has 0 radical (unpaired) electrons. The predicted molar refractivity (Wildman–Crippen MR) is 89.6 cm³/mol. The molecule has 0 unspecified atom stereocenters. The van der Waals surface area contributed by atoms with E-state index in [1.54, 1.807) is 22.5 Å². The van der Waals surface area contributed by atoms with Gasteiger partial charge in [-0.2, -0.15) is 4.31 Å². The molecule has 130 valence electrons. The van der Waals surface area contributed by atoms with Crippen molar-refractivity contribution in [3.05, 3.63) is 18.2 Å². The SMILES string of the molecule is CCOc1ccc(S(=O)(=O)N2CC[C@H](CNC)C2)cc1OCC. The molecule has 1 N–H and O–H groups in total. The first-order valence-corrected chi connectivity index (χ1v) is 9.51. The fourth-order valence-electron chi connectivity index (χ4n) is 2.81. The van der Waals surface area contributed by atoms with E-state index in [9.17, 15) is 8.42 Å². The van der Waals surface area contributed by atoms with Crippen LogP contribution in [0.3, 0.4) is 0 Å². The average Bonchev–Trinajstić information content (AvgIpc) is 2.99. The van der Waals surface area contributed by atoms with Crippen LogP contribution in [0.2, 0.25) is 0 Å². The molecule has 1 heterocycles. The van der Waals surface area contributed by atoms with Crippen LogP contribution in [0.15, 0.2) is 23.1 Å². The van der Waals surface area contributed by atoms with E-state index in [2.05, 4.69) is 5.32 Å². The van der Waals surface area contributed by atoms with Gasteiger partial charge in [0.05, 0.1) is 18.1 Å². The fraction of sp³-hybridized carbons (Fsp3) is 0.625. The van der Waals surface area contributed by atoms with Gasteiger partial charge in [0.25, 0.3) is 0 Å². The van der Waals surface area contributed by atoms with Gasteiger partial charge < -0.3 is 14.8 Å². The third-order valence-electron chi connectivity index (χ3n) is 3.89. The topological polar surface area (TPSA) is 67.9 Å². The normalized spacial score (nSPS) is 19.0. The van der Waals surface area contributed by atoms with Crippen LogP contribution in [0.25, 0.3) is 0 Å². The average molecular weight is 342 g/mol. The molecule has 1 aromatic carbocycles. The molecule has 0 bridgehead atoms. The number of sulfonamides is 1. The molecule has 7 heteroatoms. The van der Waals surface area contributed by atoms with Crippen LogP contribution in [0, 0.1) is 5.92 Å². The Balaban J connectivity index is 2.24. The number of nitrogens with one attached hydrogen (secondary N) is 1. The molecule has 6 nitrogen and oxygen atoms in total. The second kappa shape index (κ2) is 7.99. The number of hydrogen-bond acceptors (Lipinski definition) is 5. The van der Waals surface area contributed by atoms with Gasteiger partial charge in [-0.15, -0.1) is 0 Å². The van der Waals surface area contributed by atoms with Crippen molar-refractivity contribution >= 4 is 10.0 Å². The molecule has 0 aliphatic carbocycles. The second-order valence-electron chi connectivity index (χ2n) is 5.55. The first-order chi connectivity index (χ1) is 11.0. The molecule has 0 amide bonds. The monoisotopic (exact) mass is 342 g/mol. The predicted octanol–water partition coefficient (Wildman–Crippen LogP) is 1.71. The van der Waals surface area contributed by atoms with Crippen molar-refractivity contribution in [2.75, 3.05) is 39.9 Å². The Bertz CT molecular complexity index is 619. The third-order valence-corrected chi connectivity index (χ3v) is 5.76. The van der Waals surface area contributed by atoms with Gasteiger partial charge in [-0.1, -0.05) is 0 Å². The van der Waals surface area contributed by atoms with Crippen molar-refractivity contribution in [2.24, 2.45) is 5.92 Å². The van der Waals surface area contributed by atoms with Gasteiger partial charge in [-0.3, -0.25) is 0 Å². The van der Waals surface area contributed by atoms with E-state index in [-0.39, 0.29) is 4.90 Å². The standard InChI is InChI=1S/C16H26N2O4S/c1-4-21-15-7-6-14(10-16(15)22-5-2)23(19,20)18-9-8-13(12-18)11-17-3/h6-7,10,13,17H,4-5,8-9,11-12H2,1-3H3/t13-/m1/s1. The van der Waals surface area contributed by atoms with Gasteiger partial charge in [0.1, 0.15) is 0 Å². The molecule has 1 fully saturated rings. The van der Waals surface area contributed by atoms with Gasteiger partial charge in [0.15, 0.2) is 11.5 Å². The summed E-state index contributed by atoms with van der Waals surface area (Å²) in [5.74, 6) is 1.41. The minimum Gasteiger partial charge on any atom is -0.490 e. The van der Waals surface area contributed by atoms with Crippen LogP contribution in [-0.2, 0) is 10.0 Å². The highest BCUT2D eigenvalue weighted by Crippen LogP contribution is 2.32. The van der Waals surface area contributed by atoms with Crippen molar-refractivity contribution in [3.8, 4) is 11.5 Å². The molecule has 1 aliphatic rings. The van der Waals surface area contributed by atoms with Crippen molar-refractivity contribution in [3.63, 3.8) is 0 Å². The summed E-state index contributed by atoms with van der Waals surface area (Å²) in [6.45, 7) is 6.65. The molecule has 1 aliphatic heterocycles. The number of benzene rings is 1. The second-order valence-corrected chi connectivity index (χ2v) is 7.49.